The van der Waals surface area contributed by atoms with E-state index in [0.29, 0.717) is 16.3 Å². The average Bonchev–Trinajstić information content (AvgIpc) is 2.88. The van der Waals surface area contributed by atoms with Crippen LogP contribution in [0.1, 0.15) is 23.0 Å². The molecule has 0 saturated carbocycles. The molecule has 1 aromatic heterocycles. The Morgan fingerprint density at radius 2 is 2.40 bits per heavy atom. The van der Waals surface area contributed by atoms with Gasteiger partial charge in [0.2, 0.25) is 0 Å². The van der Waals surface area contributed by atoms with Crippen LogP contribution in [0.3, 0.4) is 0 Å². The molecule has 2 rings (SSSR count). The molecule has 0 aliphatic rings. The van der Waals surface area contributed by atoms with E-state index in [1.165, 1.54) is 6.26 Å². The summed E-state index contributed by atoms with van der Waals surface area (Å²) < 4.78 is 9.89. The van der Waals surface area contributed by atoms with Crippen molar-refractivity contribution in [2.45, 2.75) is 6.92 Å². The SMILES string of the molecule is CCOC(=O)c1coc(Nc2cc(Cl)ccc2C#N)n1. The predicted molar refractivity (Wildman–Crippen MR) is 71.9 cm³/mol. The van der Waals surface area contributed by atoms with Crippen LogP contribution in [0.2, 0.25) is 5.02 Å². The van der Waals surface area contributed by atoms with Crippen LogP contribution in [-0.4, -0.2) is 17.6 Å². The Hall–Kier alpha value is -2.52. The van der Waals surface area contributed by atoms with Crippen molar-refractivity contribution < 1.29 is 13.9 Å². The van der Waals surface area contributed by atoms with Gasteiger partial charge in [-0.3, -0.25) is 0 Å². The highest BCUT2D eigenvalue weighted by Gasteiger charge is 2.14. The summed E-state index contributed by atoms with van der Waals surface area (Å²) in [6, 6.07) is 6.82. The first kappa shape index (κ1) is 13.9. The number of nitriles is 1. The normalized spacial score (nSPS) is 9.85. The molecular weight excluding hydrogens is 282 g/mol. The second kappa shape index (κ2) is 6.08. The van der Waals surface area contributed by atoms with E-state index in [2.05, 4.69) is 10.3 Å². The van der Waals surface area contributed by atoms with Gasteiger partial charge in [-0.15, -0.1) is 0 Å². The van der Waals surface area contributed by atoms with Gasteiger partial charge >= 0.3 is 5.97 Å². The highest BCUT2D eigenvalue weighted by Crippen LogP contribution is 2.24. The van der Waals surface area contributed by atoms with Crippen molar-refractivity contribution >= 4 is 29.3 Å². The molecular formula is C13H10ClN3O3. The quantitative estimate of drug-likeness (QED) is 0.871. The van der Waals surface area contributed by atoms with Gasteiger partial charge in [0.05, 0.1) is 17.9 Å². The molecule has 0 aliphatic carbocycles. The molecule has 1 aromatic carbocycles. The second-order valence-corrected chi connectivity index (χ2v) is 4.12. The summed E-state index contributed by atoms with van der Waals surface area (Å²) in [5.74, 6) is -0.573. The predicted octanol–water partition coefficient (Wildman–Crippen LogP) is 3.12. The lowest BCUT2D eigenvalue weighted by atomic mass is 10.2. The lowest BCUT2D eigenvalue weighted by Gasteiger charge is -2.04. The fourth-order valence-electron chi connectivity index (χ4n) is 1.46. The topological polar surface area (TPSA) is 88.1 Å². The number of nitrogens with zero attached hydrogens (tertiary/aromatic N) is 2. The minimum atomic E-state index is -0.573. The Kier molecular flexibility index (Phi) is 4.23. The van der Waals surface area contributed by atoms with Gasteiger partial charge in [-0.25, -0.2) is 4.79 Å². The Labute approximate surface area is 119 Å². The molecule has 0 spiro atoms. The number of esters is 1. The number of aromatic nitrogens is 1. The van der Waals surface area contributed by atoms with Crippen molar-refractivity contribution in [3.05, 3.63) is 40.7 Å². The Morgan fingerprint density at radius 3 is 3.10 bits per heavy atom. The van der Waals surface area contributed by atoms with Crippen LogP contribution >= 0.6 is 11.6 Å². The highest BCUT2D eigenvalue weighted by atomic mass is 35.5. The van der Waals surface area contributed by atoms with E-state index in [1.54, 1.807) is 25.1 Å². The number of anilines is 2. The molecule has 1 N–H and O–H groups in total. The van der Waals surface area contributed by atoms with Gasteiger partial charge in [-0.05, 0) is 25.1 Å². The third kappa shape index (κ3) is 3.08. The van der Waals surface area contributed by atoms with Crippen LogP contribution in [0.5, 0.6) is 0 Å². The van der Waals surface area contributed by atoms with Gasteiger partial charge in [0.15, 0.2) is 5.69 Å². The lowest BCUT2D eigenvalue weighted by Crippen LogP contribution is -2.05. The molecule has 0 radical (unpaired) electrons. The summed E-state index contributed by atoms with van der Waals surface area (Å²) in [4.78, 5) is 15.4. The number of nitrogens with one attached hydrogen (secondary N) is 1. The van der Waals surface area contributed by atoms with E-state index in [1.807, 2.05) is 6.07 Å². The number of carbonyl (C=O) groups excluding carboxylic acids is 1. The number of carbonyl (C=O) groups is 1. The minimum absolute atomic E-state index is 0.0508. The zero-order valence-electron chi connectivity index (χ0n) is 10.5. The minimum Gasteiger partial charge on any atom is -0.461 e. The van der Waals surface area contributed by atoms with Crippen LogP contribution in [0.4, 0.5) is 11.7 Å². The van der Waals surface area contributed by atoms with Gasteiger partial charge in [-0.2, -0.15) is 10.2 Å². The average molecular weight is 292 g/mol. The number of ether oxygens (including phenoxy) is 1. The van der Waals surface area contributed by atoms with Gasteiger partial charge in [0.25, 0.3) is 6.01 Å². The molecule has 0 aliphatic heterocycles. The summed E-state index contributed by atoms with van der Waals surface area (Å²) in [5, 5.41) is 12.2. The van der Waals surface area contributed by atoms with Gasteiger partial charge in [0.1, 0.15) is 12.3 Å². The summed E-state index contributed by atoms with van der Waals surface area (Å²) in [7, 11) is 0. The fourth-order valence-corrected chi connectivity index (χ4v) is 1.63. The van der Waals surface area contributed by atoms with Crippen molar-refractivity contribution in [3.8, 4) is 6.07 Å². The van der Waals surface area contributed by atoms with Crippen molar-refractivity contribution in [2.75, 3.05) is 11.9 Å². The molecule has 6 nitrogen and oxygen atoms in total. The smallest absolute Gasteiger partial charge is 0.360 e. The molecule has 0 unspecified atom stereocenters. The number of benzene rings is 1. The lowest BCUT2D eigenvalue weighted by molar-refractivity contribution is 0.0519. The van der Waals surface area contributed by atoms with Crippen LogP contribution in [0.25, 0.3) is 0 Å². The first-order valence-electron chi connectivity index (χ1n) is 5.73. The summed E-state index contributed by atoms with van der Waals surface area (Å²) >= 11 is 5.86. The third-order valence-corrected chi connectivity index (χ3v) is 2.57. The maximum atomic E-state index is 11.4. The molecule has 0 amide bonds. The van der Waals surface area contributed by atoms with Gasteiger partial charge < -0.3 is 14.5 Å². The second-order valence-electron chi connectivity index (χ2n) is 3.69. The number of rotatable bonds is 4. The number of oxazole rings is 1. The summed E-state index contributed by atoms with van der Waals surface area (Å²) in [6.07, 6.45) is 1.18. The molecule has 2 aromatic rings. The monoisotopic (exact) mass is 291 g/mol. The van der Waals surface area contributed by atoms with E-state index in [-0.39, 0.29) is 18.3 Å². The Morgan fingerprint density at radius 1 is 1.60 bits per heavy atom. The largest absolute Gasteiger partial charge is 0.461 e. The third-order valence-electron chi connectivity index (χ3n) is 2.33. The highest BCUT2D eigenvalue weighted by molar-refractivity contribution is 6.30. The summed E-state index contributed by atoms with van der Waals surface area (Å²) in [5.41, 5.74) is 0.873. The standard InChI is InChI=1S/C13H10ClN3O3/c1-2-19-12(18)11-7-20-13(17-11)16-10-5-9(14)4-3-8(10)6-15/h3-5,7H,2H2,1H3,(H,16,17). The molecule has 0 atom stereocenters. The van der Waals surface area contributed by atoms with E-state index in [0.717, 1.165) is 0 Å². The van der Waals surface area contributed by atoms with Crippen molar-refractivity contribution in [1.29, 1.82) is 5.26 Å². The Bertz CT molecular complexity index is 676. The van der Waals surface area contributed by atoms with E-state index >= 15 is 0 Å². The maximum Gasteiger partial charge on any atom is 0.360 e. The van der Waals surface area contributed by atoms with E-state index in [4.69, 9.17) is 26.0 Å². The molecule has 102 valence electrons. The number of halogens is 1. The number of hydrogen-bond donors (Lipinski definition) is 1. The van der Waals surface area contributed by atoms with Crippen molar-refractivity contribution in [2.24, 2.45) is 0 Å². The van der Waals surface area contributed by atoms with Crippen molar-refractivity contribution in [1.82, 2.24) is 4.98 Å². The number of hydrogen-bond acceptors (Lipinski definition) is 6. The molecule has 0 fully saturated rings. The van der Waals surface area contributed by atoms with Gasteiger partial charge in [0, 0.05) is 5.02 Å². The summed E-state index contributed by atoms with van der Waals surface area (Å²) in [6.45, 7) is 1.95. The van der Waals surface area contributed by atoms with Crippen LogP contribution in [0.15, 0.2) is 28.9 Å². The molecule has 0 saturated heterocycles. The van der Waals surface area contributed by atoms with Crippen LogP contribution < -0.4 is 5.32 Å². The van der Waals surface area contributed by atoms with Crippen LogP contribution in [0, 0.1) is 11.3 Å². The molecule has 7 heteroatoms. The molecule has 0 bridgehead atoms. The molecule has 1 heterocycles. The van der Waals surface area contributed by atoms with Gasteiger partial charge in [-0.1, -0.05) is 11.6 Å². The first-order chi connectivity index (χ1) is 9.63. The Balaban J connectivity index is 2.21. The first-order valence-corrected chi connectivity index (χ1v) is 6.11. The van der Waals surface area contributed by atoms with E-state index in [9.17, 15) is 4.79 Å². The zero-order valence-corrected chi connectivity index (χ0v) is 11.3. The molecule has 20 heavy (non-hydrogen) atoms. The van der Waals surface area contributed by atoms with E-state index < -0.39 is 5.97 Å². The zero-order chi connectivity index (χ0) is 14.5. The van der Waals surface area contributed by atoms with Crippen molar-refractivity contribution in [3.63, 3.8) is 0 Å². The van der Waals surface area contributed by atoms with Crippen LogP contribution in [-0.2, 0) is 4.74 Å². The maximum absolute atomic E-state index is 11.4. The fraction of sp³-hybridized carbons (Fsp3) is 0.154.